The summed E-state index contributed by atoms with van der Waals surface area (Å²) >= 11 is 5.91. The van der Waals surface area contributed by atoms with Crippen LogP contribution in [0.4, 0.5) is 0 Å². The number of hydrogen-bond acceptors (Lipinski definition) is 4. The first-order valence-electron chi connectivity index (χ1n) is 8.87. The van der Waals surface area contributed by atoms with E-state index in [4.69, 9.17) is 16.3 Å². The molecule has 1 fully saturated rings. The molecule has 7 heteroatoms. The van der Waals surface area contributed by atoms with Gasteiger partial charge >= 0.3 is 5.97 Å². The van der Waals surface area contributed by atoms with Crippen molar-refractivity contribution in [2.45, 2.75) is 39.2 Å². The van der Waals surface area contributed by atoms with Crippen molar-refractivity contribution in [3.05, 3.63) is 34.9 Å². The highest BCUT2D eigenvalue weighted by molar-refractivity contribution is 6.30. The SMILES string of the molecule is CCOC(=O)C1CCN(C(=O)CC(NC(C)=O)c2ccc(Cl)cc2)CC1. The second-order valence-corrected chi connectivity index (χ2v) is 6.85. The van der Waals surface area contributed by atoms with Crippen molar-refractivity contribution in [1.29, 1.82) is 0 Å². The Kier molecular flexibility index (Phi) is 7.45. The highest BCUT2D eigenvalue weighted by Gasteiger charge is 2.29. The van der Waals surface area contributed by atoms with E-state index in [0.29, 0.717) is 37.6 Å². The lowest BCUT2D eigenvalue weighted by molar-refractivity contribution is -0.151. The van der Waals surface area contributed by atoms with Gasteiger partial charge in [-0.2, -0.15) is 0 Å². The van der Waals surface area contributed by atoms with Crippen LogP contribution in [-0.2, 0) is 19.1 Å². The van der Waals surface area contributed by atoms with E-state index in [-0.39, 0.29) is 30.1 Å². The third-order valence-electron chi connectivity index (χ3n) is 4.50. The summed E-state index contributed by atoms with van der Waals surface area (Å²) in [5.41, 5.74) is 0.833. The Morgan fingerprint density at radius 1 is 1.23 bits per heavy atom. The number of nitrogens with one attached hydrogen (secondary N) is 1. The summed E-state index contributed by atoms with van der Waals surface area (Å²) in [4.78, 5) is 37.7. The summed E-state index contributed by atoms with van der Waals surface area (Å²) in [7, 11) is 0. The lowest BCUT2D eigenvalue weighted by Gasteiger charge is -2.32. The fraction of sp³-hybridized carbons (Fsp3) is 0.526. The minimum atomic E-state index is -0.403. The summed E-state index contributed by atoms with van der Waals surface area (Å²) < 4.78 is 5.05. The molecule has 1 atom stereocenters. The fourth-order valence-corrected chi connectivity index (χ4v) is 3.25. The maximum absolute atomic E-state index is 12.7. The van der Waals surface area contributed by atoms with E-state index < -0.39 is 6.04 Å². The maximum atomic E-state index is 12.7. The zero-order valence-corrected chi connectivity index (χ0v) is 15.9. The topological polar surface area (TPSA) is 75.7 Å². The van der Waals surface area contributed by atoms with Crippen LogP contribution in [0.3, 0.4) is 0 Å². The molecule has 26 heavy (non-hydrogen) atoms. The Morgan fingerprint density at radius 3 is 2.38 bits per heavy atom. The van der Waals surface area contributed by atoms with Gasteiger partial charge in [0.2, 0.25) is 11.8 Å². The number of benzene rings is 1. The van der Waals surface area contributed by atoms with Gasteiger partial charge in [0.05, 0.1) is 25.0 Å². The van der Waals surface area contributed by atoms with Crippen LogP contribution in [-0.4, -0.2) is 42.4 Å². The van der Waals surface area contributed by atoms with Crippen molar-refractivity contribution in [2.24, 2.45) is 5.92 Å². The Balaban J connectivity index is 1.96. The second kappa shape index (κ2) is 9.57. The molecule has 1 N–H and O–H groups in total. The predicted octanol–water partition coefficient (Wildman–Crippen LogP) is 2.71. The van der Waals surface area contributed by atoms with Crippen LogP contribution >= 0.6 is 11.6 Å². The van der Waals surface area contributed by atoms with Crippen LogP contribution in [0, 0.1) is 5.92 Å². The van der Waals surface area contributed by atoms with Crippen LogP contribution in [0.5, 0.6) is 0 Å². The summed E-state index contributed by atoms with van der Waals surface area (Å²) in [5.74, 6) is -0.557. The average molecular weight is 381 g/mol. The Labute approximate surface area is 158 Å². The van der Waals surface area contributed by atoms with Gasteiger partial charge < -0.3 is 15.0 Å². The molecule has 0 spiro atoms. The van der Waals surface area contributed by atoms with Gasteiger partial charge in [0.1, 0.15) is 0 Å². The third kappa shape index (κ3) is 5.73. The van der Waals surface area contributed by atoms with Crippen molar-refractivity contribution < 1.29 is 19.1 Å². The first-order valence-corrected chi connectivity index (χ1v) is 9.25. The van der Waals surface area contributed by atoms with E-state index in [9.17, 15) is 14.4 Å². The number of amides is 2. The fourth-order valence-electron chi connectivity index (χ4n) is 3.12. The van der Waals surface area contributed by atoms with Gasteiger partial charge in [-0.1, -0.05) is 23.7 Å². The van der Waals surface area contributed by atoms with Gasteiger partial charge in [-0.05, 0) is 37.5 Å². The van der Waals surface area contributed by atoms with Crippen LogP contribution in [0.15, 0.2) is 24.3 Å². The number of carbonyl (C=O) groups is 3. The highest BCUT2D eigenvalue weighted by atomic mass is 35.5. The van der Waals surface area contributed by atoms with Gasteiger partial charge in [-0.25, -0.2) is 0 Å². The lowest BCUT2D eigenvalue weighted by Crippen LogP contribution is -2.42. The average Bonchev–Trinajstić information content (AvgIpc) is 2.61. The number of piperidine rings is 1. The molecule has 1 heterocycles. The van der Waals surface area contributed by atoms with Crippen molar-refractivity contribution in [2.75, 3.05) is 19.7 Å². The molecule has 1 aliphatic rings. The van der Waals surface area contributed by atoms with E-state index in [1.165, 1.54) is 6.92 Å². The molecule has 6 nitrogen and oxygen atoms in total. The van der Waals surface area contributed by atoms with Crippen LogP contribution in [0.2, 0.25) is 5.02 Å². The molecule has 0 saturated carbocycles. The van der Waals surface area contributed by atoms with Gasteiger partial charge in [-0.15, -0.1) is 0 Å². The number of esters is 1. The van der Waals surface area contributed by atoms with Gasteiger partial charge in [-0.3, -0.25) is 14.4 Å². The van der Waals surface area contributed by atoms with E-state index in [0.717, 1.165) is 5.56 Å². The Hall–Kier alpha value is -2.08. The summed E-state index contributed by atoms with van der Waals surface area (Å²) in [5, 5.41) is 3.43. The standard InChI is InChI=1S/C19H25ClN2O4/c1-3-26-19(25)15-8-10-22(11-9-15)18(24)12-17(21-13(2)23)14-4-6-16(20)7-5-14/h4-7,15,17H,3,8-12H2,1-2H3,(H,21,23). The number of carbonyl (C=O) groups excluding carboxylic acids is 3. The minimum absolute atomic E-state index is 0.0407. The van der Waals surface area contributed by atoms with E-state index in [1.54, 1.807) is 24.0 Å². The van der Waals surface area contributed by atoms with Gasteiger partial charge in [0.25, 0.3) is 0 Å². The van der Waals surface area contributed by atoms with Crippen LogP contribution < -0.4 is 5.32 Å². The molecule has 142 valence electrons. The van der Waals surface area contributed by atoms with Crippen molar-refractivity contribution in [1.82, 2.24) is 10.2 Å². The monoisotopic (exact) mass is 380 g/mol. The Bertz CT molecular complexity index is 639. The minimum Gasteiger partial charge on any atom is -0.466 e. The van der Waals surface area contributed by atoms with Gasteiger partial charge in [0.15, 0.2) is 0 Å². The molecule has 2 rings (SSSR count). The summed E-state index contributed by atoms with van der Waals surface area (Å²) in [6.07, 6.45) is 1.39. The van der Waals surface area contributed by atoms with E-state index in [2.05, 4.69) is 5.32 Å². The molecule has 1 aromatic carbocycles. The zero-order chi connectivity index (χ0) is 19.1. The molecule has 2 amide bonds. The van der Waals surface area contributed by atoms with E-state index in [1.807, 2.05) is 12.1 Å². The second-order valence-electron chi connectivity index (χ2n) is 6.42. The Morgan fingerprint density at radius 2 is 1.85 bits per heavy atom. The molecule has 0 aliphatic carbocycles. The summed E-state index contributed by atoms with van der Waals surface area (Å²) in [6, 6.07) is 6.69. The molecular formula is C19H25ClN2O4. The number of hydrogen-bond donors (Lipinski definition) is 1. The van der Waals surface area contributed by atoms with Crippen molar-refractivity contribution in [3.63, 3.8) is 0 Å². The molecule has 0 radical (unpaired) electrons. The molecule has 0 aromatic heterocycles. The highest BCUT2D eigenvalue weighted by Crippen LogP contribution is 2.23. The molecule has 1 aliphatic heterocycles. The maximum Gasteiger partial charge on any atom is 0.309 e. The zero-order valence-electron chi connectivity index (χ0n) is 15.2. The number of rotatable bonds is 6. The van der Waals surface area contributed by atoms with Crippen LogP contribution in [0.1, 0.15) is 44.7 Å². The number of ether oxygens (including phenoxy) is 1. The smallest absolute Gasteiger partial charge is 0.309 e. The van der Waals surface area contributed by atoms with Crippen LogP contribution in [0.25, 0.3) is 0 Å². The van der Waals surface area contributed by atoms with Gasteiger partial charge in [0, 0.05) is 25.0 Å². The van der Waals surface area contributed by atoms with Crippen molar-refractivity contribution in [3.8, 4) is 0 Å². The normalized spacial score (nSPS) is 16.0. The first-order chi connectivity index (χ1) is 12.4. The number of halogens is 1. The molecule has 1 unspecified atom stereocenters. The molecule has 0 bridgehead atoms. The van der Waals surface area contributed by atoms with Crippen molar-refractivity contribution >= 4 is 29.4 Å². The molecule has 1 aromatic rings. The first kappa shape index (κ1) is 20.2. The molecule has 1 saturated heterocycles. The largest absolute Gasteiger partial charge is 0.466 e. The van der Waals surface area contributed by atoms with E-state index >= 15 is 0 Å². The lowest BCUT2D eigenvalue weighted by atomic mass is 9.96. The number of likely N-dealkylation sites (tertiary alicyclic amines) is 1. The third-order valence-corrected chi connectivity index (χ3v) is 4.75. The quantitative estimate of drug-likeness (QED) is 0.770. The summed E-state index contributed by atoms with van der Waals surface area (Å²) in [6.45, 7) is 4.64. The molecular weight excluding hydrogens is 356 g/mol. The number of nitrogens with zero attached hydrogens (tertiary/aromatic N) is 1. The predicted molar refractivity (Wildman–Crippen MR) is 98.6 cm³/mol.